The molecule has 0 saturated carbocycles. The molecule has 3 heterocycles. The number of piperazine rings is 1. The van der Waals surface area contributed by atoms with Crippen molar-refractivity contribution >= 4 is 34.6 Å². The highest BCUT2D eigenvalue weighted by atomic mass is 35.5. The van der Waals surface area contributed by atoms with E-state index in [0.717, 1.165) is 43.1 Å². The molecular formula is C24H26ClFN6O2. The lowest BCUT2D eigenvalue weighted by Crippen LogP contribution is -2.43. The van der Waals surface area contributed by atoms with E-state index < -0.39 is 18.6 Å². The summed E-state index contributed by atoms with van der Waals surface area (Å²) in [5, 5.41) is 16.6. The number of rotatable bonds is 5. The Morgan fingerprint density at radius 3 is 2.91 bits per heavy atom. The van der Waals surface area contributed by atoms with E-state index >= 15 is 0 Å². The molecule has 178 valence electrons. The molecule has 34 heavy (non-hydrogen) atoms. The van der Waals surface area contributed by atoms with E-state index in [1.807, 2.05) is 18.2 Å². The third kappa shape index (κ3) is 4.46. The van der Waals surface area contributed by atoms with Gasteiger partial charge in [-0.25, -0.2) is 9.37 Å². The van der Waals surface area contributed by atoms with Crippen molar-refractivity contribution < 1.29 is 15.6 Å². The summed E-state index contributed by atoms with van der Waals surface area (Å²) in [5.74, 6) is 0.00896. The number of nitrogens with zero attached hydrogens (tertiary/aromatic N) is 4. The molecule has 0 aliphatic carbocycles. The number of anilines is 4. The highest BCUT2D eigenvalue weighted by Crippen LogP contribution is 2.36. The highest BCUT2D eigenvalue weighted by molar-refractivity contribution is 6.33. The molecular weight excluding hydrogens is 459 g/mol. The third-order valence-electron chi connectivity index (χ3n) is 5.89. The largest absolute Gasteiger partial charge is 0.453 e. The van der Waals surface area contributed by atoms with E-state index in [1.165, 1.54) is 23.2 Å². The monoisotopic (exact) mass is 485 g/mol. The van der Waals surface area contributed by atoms with Gasteiger partial charge in [-0.3, -0.25) is 0 Å². The Kier molecular flexibility index (Phi) is 6.05. The van der Waals surface area contributed by atoms with Gasteiger partial charge in [-0.1, -0.05) is 17.7 Å². The predicted octanol–water partition coefficient (Wildman–Crippen LogP) is 3.66. The maximum atomic E-state index is 14.5. The number of aliphatic hydroxyl groups excluding tert-OH is 1. The van der Waals surface area contributed by atoms with Gasteiger partial charge < -0.3 is 30.3 Å². The van der Waals surface area contributed by atoms with Gasteiger partial charge in [-0.05, 0) is 37.3 Å². The van der Waals surface area contributed by atoms with Crippen LogP contribution in [0.25, 0.3) is 0 Å². The first kappa shape index (κ1) is 21.4. The molecule has 2 aliphatic rings. The number of hydrogen-bond acceptors (Lipinski definition) is 8. The zero-order valence-electron chi connectivity index (χ0n) is 19.6. The molecule has 2 aromatic carbocycles. The molecule has 3 N–H and O–H groups in total. The van der Waals surface area contributed by atoms with Crippen LogP contribution in [0.2, 0.25) is 5.02 Å². The van der Waals surface area contributed by atoms with Crippen LogP contribution in [0.1, 0.15) is 19.4 Å². The van der Waals surface area contributed by atoms with E-state index in [2.05, 4.69) is 25.5 Å². The molecule has 0 bridgehead atoms. The van der Waals surface area contributed by atoms with Gasteiger partial charge in [-0.2, -0.15) is 4.98 Å². The molecule has 0 radical (unpaired) electrons. The van der Waals surface area contributed by atoms with Crippen LogP contribution in [-0.2, 0) is 13.1 Å². The Morgan fingerprint density at radius 2 is 2.15 bits per heavy atom. The molecule has 2 atom stereocenters. The normalized spacial score (nSPS) is 20.4. The van der Waals surface area contributed by atoms with E-state index in [9.17, 15) is 9.50 Å². The van der Waals surface area contributed by atoms with Crippen LogP contribution in [0.4, 0.5) is 27.4 Å². The van der Waals surface area contributed by atoms with Crippen LogP contribution in [0.5, 0.6) is 5.88 Å². The lowest BCUT2D eigenvalue weighted by molar-refractivity contribution is 0.184. The molecule has 0 amide bonds. The molecule has 1 fully saturated rings. The van der Waals surface area contributed by atoms with Gasteiger partial charge in [0.1, 0.15) is 5.82 Å². The molecule has 2 unspecified atom stereocenters. The average Bonchev–Trinajstić information content (AvgIpc) is 2.86. The van der Waals surface area contributed by atoms with Gasteiger partial charge in [0.25, 0.3) is 0 Å². The Balaban J connectivity index is 1.38. The van der Waals surface area contributed by atoms with Crippen LogP contribution in [0, 0.1) is 5.82 Å². The van der Waals surface area contributed by atoms with Gasteiger partial charge in [0, 0.05) is 49.3 Å². The molecule has 0 spiro atoms. The second kappa shape index (κ2) is 9.61. The number of fused-ring (bicyclic) bond motifs is 1. The number of hydrogen-bond donors (Lipinski definition) is 3. The second-order valence-corrected chi connectivity index (χ2v) is 8.55. The summed E-state index contributed by atoms with van der Waals surface area (Å²) < 4.78 is 29.2. The number of aliphatic hydroxyl groups is 1. The van der Waals surface area contributed by atoms with Crippen molar-refractivity contribution in [3.05, 3.63) is 64.6 Å². The summed E-state index contributed by atoms with van der Waals surface area (Å²) in [5.41, 5.74) is 3.04. The van der Waals surface area contributed by atoms with E-state index in [0.29, 0.717) is 11.5 Å². The molecule has 10 heteroatoms. The number of para-hydroxylation sites is 1. The smallest absolute Gasteiger partial charge is 0.230 e. The lowest BCUT2D eigenvalue weighted by Gasteiger charge is -2.36. The zero-order chi connectivity index (χ0) is 24.5. The lowest BCUT2D eigenvalue weighted by atomic mass is 10.1. The summed E-state index contributed by atoms with van der Waals surface area (Å²) in [7, 11) is 0. The van der Waals surface area contributed by atoms with Crippen LogP contribution >= 0.6 is 11.6 Å². The summed E-state index contributed by atoms with van der Waals surface area (Å²) in [6, 6.07) is 10.2. The fourth-order valence-electron chi connectivity index (χ4n) is 4.21. The molecule has 3 aromatic rings. The minimum Gasteiger partial charge on any atom is -0.453 e. The first-order valence-electron chi connectivity index (χ1n) is 11.7. The maximum absolute atomic E-state index is 14.5. The van der Waals surface area contributed by atoms with Crippen molar-refractivity contribution in [3.8, 4) is 5.88 Å². The fraction of sp³-hybridized carbons (Fsp3) is 0.333. The topological polar surface area (TPSA) is 85.8 Å². The van der Waals surface area contributed by atoms with Gasteiger partial charge in [0.2, 0.25) is 11.8 Å². The van der Waals surface area contributed by atoms with Crippen molar-refractivity contribution in [3.63, 3.8) is 0 Å². The van der Waals surface area contributed by atoms with Crippen molar-refractivity contribution in [2.45, 2.75) is 26.3 Å². The molecule has 1 saturated heterocycles. The number of halogens is 2. The first-order chi connectivity index (χ1) is 17.0. The minimum atomic E-state index is -1.00. The summed E-state index contributed by atoms with van der Waals surface area (Å²) in [4.78, 5) is 12.5. The van der Waals surface area contributed by atoms with Crippen molar-refractivity contribution in [2.75, 3.05) is 41.3 Å². The van der Waals surface area contributed by atoms with Crippen LogP contribution in [-0.4, -0.2) is 47.5 Å². The maximum Gasteiger partial charge on any atom is 0.230 e. The summed E-state index contributed by atoms with van der Waals surface area (Å²) in [6.07, 6.45) is 0.819. The van der Waals surface area contributed by atoms with Gasteiger partial charge in [0.05, 0.1) is 30.8 Å². The Morgan fingerprint density at radius 1 is 1.32 bits per heavy atom. The quantitative estimate of drug-likeness (QED) is 0.505. The molecule has 8 nitrogen and oxygen atoms in total. The van der Waals surface area contributed by atoms with Crippen LogP contribution in [0.15, 0.2) is 42.6 Å². The SMILES string of the molecule is [2H]C1c2cnc(Nc3ccc(N4CCNCC4)c(CO)c3)nc2OC(C)N1c1c(F)cccc1Cl. The van der Waals surface area contributed by atoms with Crippen molar-refractivity contribution in [1.82, 2.24) is 15.3 Å². The predicted molar refractivity (Wildman–Crippen MR) is 130 cm³/mol. The number of ether oxygens (including phenoxy) is 1. The van der Waals surface area contributed by atoms with Gasteiger partial charge >= 0.3 is 0 Å². The van der Waals surface area contributed by atoms with Crippen LogP contribution in [0.3, 0.4) is 0 Å². The zero-order valence-corrected chi connectivity index (χ0v) is 19.4. The van der Waals surface area contributed by atoms with Crippen LogP contribution < -0.4 is 25.2 Å². The van der Waals surface area contributed by atoms with E-state index in [-0.39, 0.29) is 23.2 Å². The minimum absolute atomic E-state index is 0.0879. The second-order valence-electron chi connectivity index (χ2n) is 8.14. The van der Waals surface area contributed by atoms with Crippen molar-refractivity contribution in [2.24, 2.45) is 0 Å². The Labute approximate surface area is 203 Å². The summed E-state index contributed by atoms with van der Waals surface area (Å²) in [6.45, 7) is 4.20. The molecule has 5 rings (SSSR count). The number of benzene rings is 2. The van der Waals surface area contributed by atoms with Gasteiger partial charge in [0.15, 0.2) is 6.23 Å². The van der Waals surface area contributed by atoms with Gasteiger partial charge in [-0.15, -0.1) is 0 Å². The standard InChI is InChI=1S/C24H26ClFN6O2/c1-15-32(22-19(25)3-2-4-20(22)26)13-17-12-28-24(30-23(17)34-15)29-18-5-6-21(16(11-18)14-33)31-9-7-27-8-10-31/h2-6,11-12,15,27,33H,7-10,13-14H2,1H3,(H,28,29,30)/i13D. The third-order valence-corrected chi connectivity index (χ3v) is 6.20. The Hall–Kier alpha value is -3.14. The first-order valence-corrected chi connectivity index (χ1v) is 11.5. The fourth-order valence-corrected chi connectivity index (χ4v) is 4.47. The van der Waals surface area contributed by atoms with E-state index in [4.69, 9.17) is 17.7 Å². The molecule has 1 aromatic heterocycles. The number of aromatic nitrogens is 2. The molecule has 2 aliphatic heterocycles. The van der Waals surface area contributed by atoms with E-state index in [1.54, 1.807) is 13.0 Å². The van der Waals surface area contributed by atoms with Crippen molar-refractivity contribution in [1.29, 1.82) is 0 Å². The number of nitrogens with one attached hydrogen (secondary N) is 2. The average molecular weight is 486 g/mol. The highest BCUT2D eigenvalue weighted by Gasteiger charge is 2.29. The Bertz CT molecular complexity index is 1210. The summed E-state index contributed by atoms with van der Waals surface area (Å²) >= 11 is 6.24.